The van der Waals surface area contributed by atoms with Gasteiger partial charge in [0.15, 0.2) is 0 Å². The molecule has 0 saturated carbocycles. The van der Waals surface area contributed by atoms with Crippen LogP contribution in [-0.2, 0) is 11.3 Å². The average Bonchev–Trinajstić information content (AvgIpc) is 2.72. The summed E-state index contributed by atoms with van der Waals surface area (Å²) in [4.78, 5) is 11.9. The summed E-state index contributed by atoms with van der Waals surface area (Å²) < 4.78 is 2.71. The van der Waals surface area contributed by atoms with Crippen LogP contribution in [0.1, 0.15) is 12.1 Å². The summed E-state index contributed by atoms with van der Waals surface area (Å²) in [5.41, 5.74) is 1.62. The second-order valence-electron chi connectivity index (χ2n) is 4.23. The summed E-state index contributed by atoms with van der Waals surface area (Å²) in [5, 5.41) is 7.82. The first-order valence-corrected chi connectivity index (χ1v) is 7.45. The smallest absolute Gasteiger partial charge is 0.226 e. The number of anilines is 1. The monoisotopic (exact) mass is 375 g/mol. The molecule has 0 aliphatic rings. The quantitative estimate of drug-likeness (QED) is 0.865. The van der Waals surface area contributed by atoms with Crippen LogP contribution in [0.25, 0.3) is 0 Å². The number of carbonyl (C=O) groups is 1. The predicted molar refractivity (Wildman–Crippen MR) is 84.4 cm³/mol. The van der Waals surface area contributed by atoms with Crippen LogP contribution in [0.4, 0.5) is 5.69 Å². The van der Waals surface area contributed by atoms with Crippen molar-refractivity contribution < 1.29 is 4.79 Å². The largest absolute Gasteiger partial charge is 0.326 e. The van der Waals surface area contributed by atoms with Crippen molar-refractivity contribution in [2.75, 3.05) is 5.32 Å². The second-order valence-corrected chi connectivity index (χ2v) is 5.90. The molecule has 0 bridgehead atoms. The Hall–Kier alpha value is -1.04. The average molecular weight is 377 g/mol. The molecule has 0 fully saturated rings. The fourth-order valence-electron chi connectivity index (χ4n) is 1.65. The number of aryl methyl sites for hydroxylation is 1. The molecular formula is C13H12BrCl2N3O. The molecule has 2 rings (SSSR count). The zero-order chi connectivity index (χ0) is 14.7. The van der Waals surface area contributed by atoms with Gasteiger partial charge in [0.1, 0.15) is 0 Å². The molecule has 0 saturated heterocycles. The number of rotatable bonds is 4. The summed E-state index contributed by atoms with van der Waals surface area (Å²) in [6.07, 6.45) is 2.04. The van der Waals surface area contributed by atoms with Gasteiger partial charge in [0.25, 0.3) is 0 Å². The Morgan fingerprint density at radius 2 is 2.15 bits per heavy atom. The lowest BCUT2D eigenvalue weighted by molar-refractivity contribution is -0.116. The van der Waals surface area contributed by atoms with Gasteiger partial charge in [-0.25, -0.2) is 0 Å². The number of nitrogens with zero attached hydrogens (tertiary/aromatic N) is 2. The minimum atomic E-state index is -0.102. The molecule has 1 aromatic heterocycles. The Morgan fingerprint density at radius 1 is 1.40 bits per heavy atom. The van der Waals surface area contributed by atoms with Crippen molar-refractivity contribution in [3.63, 3.8) is 0 Å². The Balaban J connectivity index is 1.92. The van der Waals surface area contributed by atoms with E-state index >= 15 is 0 Å². The molecule has 1 amide bonds. The molecule has 1 aromatic carbocycles. The number of carbonyl (C=O) groups excluding carboxylic acids is 1. The van der Waals surface area contributed by atoms with Crippen LogP contribution in [0.5, 0.6) is 0 Å². The molecule has 2 aromatic rings. The summed E-state index contributed by atoms with van der Waals surface area (Å²) in [6, 6.07) is 4.98. The van der Waals surface area contributed by atoms with E-state index < -0.39 is 0 Å². The van der Waals surface area contributed by atoms with Gasteiger partial charge < -0.3 is 5.32 Å². The standard InChI is InChI=1S/C13H12BrCl2N3O/c1-8-10(14)7-17-19(8)5-4-13(20)18-9-2-3-11(15)12(16)6-9/h2-3,6-7H,4-5H2,1H3,(H,18,20). The van der Waals surface area contributed by atoms with Gasteiger partial charge in [-0.15, -0.1) is 0 Å². The Labute approximate surface area is 135 Å². The van der Waals surface area contributed by atoms with Crippen LogP contribution in [0, 0.1) is 6.92 Å². The summed E-state index contributed by atoms with van der Waals surface area (Å²) in [6.45, 7) is 2.46. The molecule has 0 radical (unpaired) electrons. The van der Waals surface area contributed by atoms with Gasteiger partial charge in [-0.3, -0.25) is 9.48 Å². The van der Waals surface area contributed by atoms with Gasteiger partial charge in [-0.1, -0.05) is 23.2 Å². The number of aromatic nitrogens is 2. The molecule has 1 N–H and O–H groups in total. The van der Waals surface area contributed by atoms with E-state index in [1.807, 2.05) is 6.92 Å². The lowest BCUT2D eigenvalue weighted by atomic mass is 10.3. The number of hydrogen-bond acceptors (Lipinski definition) is 2. The highest BCUT2D eigenvalue weighted by Gasteiger charge is 2.08. The van der Waals surface area contributed by atoms with E-state index in [9.17, 15) is 4.79 Å². The van der Waals surface area contributed by atoms with Crippen LogP contribution >= 0.6 is 39.1 Å². The Kier molecular flexibility index (Phi) is 5.07. The van der Waals surface area contributed by atoms with Crippen LogP contribution in [0.3, 0.4) is 0 Å². The lowest BCUT2D eigenvalue weighted by Gasteiger charge is -2.07. The van der Waals surface area contributed by atoms with E-state index in [1.54, 1.807) is 29.1 Å². The highest BCUT2D eigenvalue weighted by atomic mass is 79.9. The maximum absolute atomic E-state index is 11.9. The van der Waals surface area contributed by atoms with Crippen LogP contribution in [-0.4, -0.2) is 15.7 Å². The highest BCUT2D eigenvalue weighted by Crippen LogP contribution is 2.25. The van der Waals surface area contributed by atoms with E-state index in [4.69, 9.17) is 23.2 Å². The zero-order valence-electron chi connectivity index (χ0n) is 10.7. The molecule has 106 valence electrons. The number of hydrogen-bond donors (Lipinski definition) is 1. The SMILES string of the molecule is Cc1c(Br)cnn1CCC(=O)Nc1ccc(Cl)c(Cl)c1. The van der Waals surface area contributed by atoms with Crippen molar-refractivity contribution in [1.82, 2.24) is 9.78 Å². The fourth-order valence-corrected chi connectivity index (χ4v) is 2.25. The highest BCUT2D eigenvalue weighted by molar-refractivity contribution is 9.10. The van der Waals surface area contributed by atoms with Gasteiger partial charge in [0, 0.05) is 17.8 Å². The van der Waals surface area contributed by atoms with Gasteiger partial charge in [-0.05, 0) is 41.1 Å². The number of amides is 1. The third-order valence-corrected chi connectivity index (χ3v) is 4.31. The zero-order valence-corrected chi connectivity index (χ0v) is 13.8. The van der Waals surface area contributed by atoms with Gasteiger partial charge in [0.2, 0.25) is 5.91 Å². The maximum Gasteiger partial charge on any atom is 0.226 e. The van der Waals surface area contributed by atoms with Crippen LogP contribution < -0.4 is 5.32 Å². The summed E-state index contributed by atoms with van der Waals surface area (Å²) >= 11 is 15.1. The fraction of sp³-hybridized carbons (Fsp3) is 0.231. The second kappa shape index (κ2) is 6.61. The van der Waals surface area contributed by atoms with Crippen LogP contribution in [0.2, 0.25) is 10.0 Å². The van der Waals surface area contributed by atoms with E-state index in [1.165, 1.54) is 0 Å². The van der Waals surface area contributed by atoms with E-state index in [0.717, 1.165) is 10.2 Å². The molecule has 1 heterocycles. The van der Waals surface area contributed by atoms with Crippen molar-refractivity contribution >= 4 is 50.7 Å². The number of nitrogens with one attached hydrogen (secondary N) is 1. The molecule has 0 spiro atoms. The normalized spacial score (nSPS) is 10.6. The van der Waals surface area contributed by atoms with Crippen molar-refractivity contribution in [3.05, 3.63) is 44.6 Å². The van der Waals surface area contributed by atoms with E-state index in [-0.39, 0.29) is 5.91 Å². The topological polar surface area (TPSA) is 46.9 Å². The summed E-state index contributed by atoms with van der Waals surface area (Å²) in [7, 11) is 0. The van der Waals surface area contributed by atoms with Crippen molar-refractivity contribution in [1.29, 1.82) is 0 Å². The molecule has 20 heavy (non-hydrogen) atoms. The third-order valence-electron chi connectivity index (χ3n) is 2.80. The van der Waals surface area contributed by atoms with E-state index in [0.29, 0.717) is 28.7 Å². The van der Waals surface area contributed by atoms with E-state index in [2.05, 4.69) is 26.3 Å². The number of halogens is 3. The third kappa shape index (κ3) is 3.75. The summed E-state index contributed by atoms with van der Waals surface area (Å²) in [5.74, 6) is -0.102. The first-order chi connectivity index (χ1) is 9.47. The maximum atomic E-state index is 11.9. The van der Waals surface area contributed by atoms with Crippen molar-refractivity contribution in [2.45, 2.75) is 19.9 Å². The van der Waals surface area contributed by atoms with Gasteiger partial charge in [0.05, 0.1) is 27.3 Å². The van der Waals surface area contributed by atoms with Gasteiger partial charge in [-0.2, -0.15) is 5.10 Å². The Morgan fingerprint density at radius 3 is 2.75 bits per heavy atom. The first kappa shape index (κ1) is 15.4. The Bertz CT molecular complexity index is 643. The number of benzene rings is 1. The van der Waals surface area contributed by atoms with Crippen molar-refractivity contribution in [3.8, 4) is 0 Å². The predicted octanol–water partition coefficient (Wildman–Crippen LogP) is 4.29. The first-order valence-electron chi connectivity index (χ1n) is 5.90. The van der Waals surface area contributed by atoms with Gasteiger partial charge >= 0.3 is 0 Å². The molecule has 0 aliphatic carbocycles. The molecule has 7 heteroatoms. The molecule has 0 aliphatic heterocycles. The minimum Gasteiger partial charge on any atom is -0.326 e. The molecule has 0 unspecified atom stereocenters. The van der Waals surface area contributed by atoms with Crippen molar-refractivity contribution in [2.24, 2.45) is 0 Å². The molecule has 0 atom stereocenters. The lowest BCUT2D eigenvalue weighted by Crippen LogP contribution is -2.15. The minimum absolute atomic E-state index is 0.102. The molecule has 4 nitrogen and oxygen atoms in total. The molecular weight excluding hydrogens is 365 g/mol. The van der Waals surface area contributed by atoms with Crippen LogP contribution in [0.15, 0.2) is 28.9 Å².